The smallest absolute Gasteiger partial charge is 0.318 e. The first-order valence-corrected chi connectivity index (χ1v) is 9.01. The van der Waals surface area contributed by atoms with Crippen molar-refractivity contribution in [1.82, 2.24) is 14.9 Å². The molecule has 128 valence electrons. The second kappa shape index (κ2) is 7.38. The maximum atomic E-state index is 12.3. The number of thioether (sulfide) groups is 1. The van der Waals surface area contributed by atoms with E-state index >= 15 is 0 Å². The first-order valence-electron chi connectivity index (χ1n) is 8.13. The number of amides is 3. The van der Waals surface area contributed by atoms with Crippen molar-refractivity contribution >= 4 is 23.7 Å². The molecule has 3 N–H and O–H groups in total. The highest BCUT2D eigenvalue weighted by atomic mass is 32.2. The van der Waals surface area contributed by atoms with Gasteiger partial charge in [0, 0.05) is 11.7 Å². The highest BCUT2D eigenvalue weighted by Crippen LogP contribution is 2.37. The van der Waals surface area contributed by atoms with E-state index in [1.165, 1.54) is 24.6 Å². The Balaban J connectivity index is 2.27. The zero-order valence-electron chi connectivity index (χ0n) is 14.3. The molecule has 0 spiro atoms. The van der Waals surface area contributed by atoms with Gasteiger partial charge in [-0.25, -0.2) is 9.78 Å². The third kappa shape index (κ3) is 4.07. The lowest BCUT2D eigenvalue weighted by Crippen LogP contribution is -2.42. The summed E-state index contributed by atoms with van der Waals surface area (Å²) in [6, 6.07) is -0.349. The SMILES string of the molecule is Cc1nc(S[C@H](C(=O)NC(N)=O)C(C)C)n(C2CCCC2)c1C. The summed E-state index contributed by atoms with van der Waals surface area (Å²) >= 11 is 1.43. The molecule has 0 radical (unpaired) electrons. The summed E-state index contributed by atoms with van der Waals surface area (Å²) in [6.07, 6.45) is 4.79. The van der Waals surface area contributed by atoms with Crippen LogP contribution < -0.4 is 11.1 Å². The summed E-state index contributed by atoms with van der Waals surface area (Å²) in [4.78, 5) is 27.9. The van der Waals surface area contributed by atoms with Crippen molar-refractivity contribution in [2.75, 3.05) is 0 Å². The number of hydrogen-bond donors (Lipinski definition) is 2. The molecule has 23 heavy (non-hydrogen) atoms. The van der Waals surface area contributed by atoms with Crippen LogP contribution in [-0.2, 0) is 4.79 Å². The van der Waals surface area contributed by atoms with Gasteiger partial charge in [-0.3, -0.25) is 10.1 Å². The lowest BCUT2D eigenvalue weighted by molar-refractivity contribution is -0.120. The minimum atomic E-state index is -0.812. The third-order valence-corrected chi connectivity index (χ3v) is 5.90. The number of aryl methyl sites for hydroxylation is 1. The van der Waals surface area contributed by atoms with Crippen molar-refractivity contribution in [3.8, 4) is 0 Å². The van der Waals surface area contributed by atoms with Crippen LogP contribution in [0.4, 0.5) is 4.79 Å². The van der Waals surface area contributed by atoms with Crippen LogP contribution >= 0.6 is 11.8 Å². The number of urea groups is 1. The number of imidazole rings is 1. The Morgan fingerprint density at radius 1 is 1.30 bits per heavy atom. The standard InChI is InChI=1S/C16H26N4O2S/c1-9(2)13(14(21)19-15(17)22)23-16-18-10(3)11(4)20(16)12-7-5-6-8-12/h9,12-13H,5-8H2,1-4H3,(H3,17,19,21,22)/t13-/m0/s1. The van der Waals surface area contributed by atoms with E-state index < -0.39 is 11.3 Å². The van der Waals surface area contributed by atoms with Gasteiger partial charge in [0.25, 0.3) is 0 Å². The van der Waals surface area contributed by atoms with Crippen LogP contribution in [-0.4, -0.2) is 26.7 Å². The van der Waals surface area contributed by atoms with Crippen molar-refractivity contribution in [1.29, 1.82) is 0 Å². The predicted octanol–water partition coefficient (Wildman–Crippen LogP) is 2.93. The van der Waals surface area contributed by atoms with Crippen LogP contribution in [0.3, 0.4) is 0 Å². The number of rotatable bonds is 5. The van der Waals surface area contributed by atoms with Gasteiger partial charge >= 0.3 is 6.03 Å². The van der Waals surface area contributed by atoms with Crippen LogP contribution in [0.2, 0.25) is 0 Å². The molecule has 7 heteroatoms. The summed E-state index contributed by atoms with van der Waals surface area (Å²) in [5, 5.41) is 2.66. The van der Waals surface area contributed by atoms with E-state index in [-0.39, 0.29) is 11.8 Å². The molecule has 1 aromatic heterocycles. The molecule has 0 aliphatic heterocycles. The minimum absolute atomic E-state index is 0.0636. The molecule has 0 unspecified atom stereocenters. The number of imide groups is 1. The van der Waals surface area contributed by atoms with Gasteiger partial charge in [0.15, 0.2) is 5.16 Å². The fraction of sp³-hybridized carbons (Fsp3) is 0.688. The number of carbonyl (C=O) groups is 2. The van der Waals surface area contributed by atoms with E-state index in [1.807, 2.05) is 20.8 Å². The minimum Gasteiger partial charge on any atom is -0.351 e. The second-order valence-electron chi connectivity index (χ2n) is 6.51. The van der Waals surface area contributed by atoms with Gasteiger partial charge in [-0.2, -0.15) is 0 Å². The molecule has 1 heterocycles. The Morgan fingerprint density at radius 2 is 1.91 bits per heavy atom. The molecular formula is C16H26N4O2S. The number of aromatic nitrogens is 2. The maximum absolute atomic E-state index is 12.3. The molecule has 3 amide bonds. The van der Waals surface area contributed by atoms with E-state index in [0.29, 0.717) is 6.04 Å². The summed E-state index contributed by atoms with van der Waals surface area (Å²) in [5.41, 5.74) is 7.24. The molecule has 1 aliphatic rings. The van der Waals surface area contributed by atoms with E-state index in [2.05, 4.69) is 21.8 Å². The summed E-state index contributed by atoms with van der Waals surface area (Å²) in [7, 11) is 0. The zero-order chi connectivity index (χ0) is 17.1. The largest absolute Gasteiger partial charge is 0.351 e. The van der Waals surface area contributed by atoms with Crippen LogP contribution in [0.1, 0.15) is 57.0 Å². The topological polar surface area (TPSA) is 90.0 Å². The molecule has 1 atom stereocenters. The molecule has 1 fully saturated rings. The van der Waals surface area contributed by atoms with Crippen LogP contribution in [0.15, 0.2) is 5.16 Å². The average molecular weight is 338 g/mol. The number of hydrogen-bond acceptors (Lipinski definition) is 4. The van der Waals surface area contributed by atoms with Crippen molar-refractivity contribution in [2.45, 2.75) is 69.8 Å². The summed E-state index contributed by atoms with van der Waals surface area (Å²) in [6.45, 7) is 8.00. The van der Waals surface area contributed by atoms with Gasteiger partial charge in [-0.15, -0.1) is 0 Å². The van der Waals surface area contributed by atoms with Gasteiger partial charge in [-0.1, -0.05) is 38.5 Å². The van der Waals surface area contributed by atoms with Gasteiger partial charge in [0.2, 0.25) is 5.91 Å². The van der Waals surface area contributed by atoms with Crippen molar-refractivity contribution < 1.29 is 9.59 Å². The Labute approximate surface area is 141 Å². The monoisotopic (exact) mass is 338 g/mol. The second-order valence-corrected chi connectivity index (χ2v) is 7.62. The molecule has 6 nitrogen and oxygen atoms in total. The van der Waals surface area contributed by atoms with Crippen LogP contribution in [0.25, 0.3) is 0 Å². The van der Waals surface area contributed by atoms with Gasteiger partial charge in [0.05, 0.1) is 10.9 Å². The van der Waals surface area contributed by atoms with Gasteiger partial charge in [0.1, 0.15) is 0 Å². The molecular weight excluding hydrogens is 312 g/mol. The average Bonchev–Trinajstić information content (AvgIpc) is 3.04. The summed E-state index contributed by atoms with van der Waals surface area (Å²) in [5.74, 6) is -0.289. The fourth-order valence-corrected chi connectivity index (χ4v) is 4.32. The third-order valence-electron chi connectivity index (χ3n) is 4.39. The Morgan fingerprint density at radius 3 is 2.43 bits per heavy atom. The molecule has 0 aromatic carbocycles. The van der Waals surface area contributed by atoms with E-state index in [1.54, 1.807) is 0 Å². The zero-order valence-corrected chi connectivity index (χ0v) is 15.1. The highest BCUT2D eigenvalue weighted by molar-refractivity contribution is 8.00. The van der Waals surface area contributed by atoms with E-state index in [0.717, 1.165) is 29.4 Å². The molecule has 1 aromatic rings. The molecule has 1 aliphatic carbocycles. The Hall–Kier alpha value is -1.50. The Bertz CT molecular complexity index is 591. The van der Waals surface area contributed by atoms with Crippen molar-refractivity contribution in [3.63, 3.8) is 0 Å². The molecule has 0 saturated heterocycles. The van der Waals surface area contributed by atoms with Gasteiger partial charge in [-0.05, 0) is 32.6 Å². The first-order chi connectivity index (χ1) is 10.8. The lowest BCUT2D eigenvalue weighted by Gasteiger charge is -2.22. The summed E-state index contributed by atoms with van der Waals surface area (Å²) < 4.78 is 2.28. The predicted molar refractivity (Wildman–Crippen MR) is 91.4 cm³/mol. The maximum Gasteiger partial charge on any atom is 0.318 e. The van der Waals surface area contributed by atoms with Crippen LogP contribution in [0.5, 0.6) is 0 Å². The van der Waals surface area contributed by atoms with Gasteiger partial charge < -0.3 is 10.3 Å². The molecule has 0 bridgehead atoms. The quantitative estimate of drug-likeness (QED) is 0.808. The number of primary amides is 1. The number of carbonyl (C=O) groups excluding carboxylic acids is 2. The Kier molecular flexibility index (Phi) is 5.73. The molecule has 2 rings (SSSR count). The van der Waals surface area contributed by atoms with E-state index in [9.17, 15) is 9.59 Å². The van der Waals surface area contributed by atoms with Crippen molar-refractivity contribution in [2.24, 2.45) is 11.7 Å². The van der Waals surface area contributed by atoms with Crippen molar-refractivity contribution in [3.05, 3.63) is 11.4 Å². The fourth-order valence-electron chi connectivity index (χ4n) is 3.07. The number of nitrogens with zero attached hydrogens (tertiary/aromatic N) is 2. The van der Waals surface area contributed by atoms with Crippen LogP contribution in [0, 0.1) is 19.8 Å². The highest BCUT2D eigenvalue weighted by Gasteiger charge is 2.29. The lowest BCUT2D eigenvalue weighted by atomic mass is 10.1. The first kappa shape index (κ1) is 17.8. The van der Waals surface area contributed by atoms with E-state index in [4.69, 9.17) is 5.73 Å². The number of nitrogens with two attached hydrogens (primary N) is 1. The molecule has 1 saturated carbocycles. The normalized spacial score (nSPS) is 16.7. The number of nitrogens with one attached hydrogen (secondary N) is 1.